The molecule has 0 saturated carbocycles. The van der Waals surface area contributed by atoms with Crippen molar-refractivity contribution >= 4 is 11.3 Å². The number of nitrogens with zero attached hydrogens (tertiary/aromatic N) is 3. The predicted octanol–water partition coefficient (Wildman–Crippen LogP) is 4.06. The van der Waals surface area contributed by atoms with Gasteiger partial charge in [-0.3, -0.25) is 9.80 Å². The molecule has 30 heavy (non-hydrogen) atoms. The Balaban J connectivity index is 1.42. The third-order valence-corrected chi connectivity index (χ3v) is 6.38. The van der Waals surface area contributed by atoms with E-state index in [1.54, 1.807) is 17.4 Å². The van der Waals surface area contributed by atoms with E-state index in [1.165, 1.54) is 12.1 Å². The Bertz CT molecular complexity index is 977. The Morgan fingerprint density at radius 1 is 1.20 bits per heavy atom. The van der Waals surface area contributed by atoms with Crippen molar-refractivity contribution < 1.29 is 18.3 Å². The summed E-state index contributed by atoms with van der Waals surface area (Å²) in [6.45, 7) is 5.60. The van der Waals surface area contributed by atoms with Gasteiger partial charge in [0.1, 0.15) is 5.76 Å². The minimum absolute atomic E-state index is 0.0816. The molecule has 2 aromatic heterocycles. The molecule has 5 nitrogen and oxygen atoms in total. The summed E-state index contributed by atoms with van der Waals surface area (Å²) in [6, 6.07) is 8.13. The van der Waals surface area contributed by atoms with Crippen LogP contribution < -0.4 is 0 Å². The van der Waals surface area contributed by atoms with E-state index < -0.39 is 11.6 Å². The first-order valence-corrected chi connectivity index (χ1v) is 10.9. The summed E-state index contributed by atoms with van der Waals surface area (Å²) in [5, 5.41) is 11.5. The Morgan fingerprint density at radius 3 is 2.80 bits per heavy atom. The van der Waals surface area contributed by atoms with Crippen LogP contribution in [0, 0.1) is 18.6 Å². The zero-order valence-electron chi connectivity index (χ0n) is 16.9. The van der Waals surface area contributed by atoms with Gasteiger partial charge >= 0.3 is 0 Å². The summed E-state index contributed by atoms with van der Waals surface area (Å²) in [4.78, 5) is 10.2. The number of benzene rings is 1. The maximum Gasteiger partial charge on any atom is 0.236 e. The lowest BCUT2D eigenvalue weighted by Crippen LogP contribution is -2.52. The molecular weight excluding hydrogens is 408 g/mol. The molecule has 8 heteroatoms. The Morgan fingerprint density at radius 2 is 2.07 bits per heavy atom. The maximum absolute atomic E-state index is 13.6. The maximum atomic E-state index is 13.6. The molecule has 0 radical (unpaired) electrons. The van der Waals surface area contributed by atoms with Crippen LogP contribution >= 0.6 is 11.3 Å². The molecule has 1 aliphatic heterocycles. The van der Waals surface area contributed by atoms with Gasteiger partial charge in [0.05, 0.1) is 10.6 Å². The van der Waals surface area contributed by atoms with Gasteiger partial charge in [0.15, 0.2) is 11.6 Å². The number of oxazole rings is 1. The number of aliphatic hydroxyl groups excluding tert-OH is 1. The number of aryl methyl sites for hydroxylation is 1. The van der Waals surface area contributed by atoms with E-state index in [9.17, 15) is 13.9 Å². The normalized spacial score (nSPS) is 18.2. The predicted molar refractivity (Wildman–Crippen MR) is 112 cm³/mol. The quantitative estimate of drug-likeness (QED) is 0.609. The Labute approximate surface area is 178 Å². The topological polar surface area (TPSA) is 52.7 Å². The zero-order valence-corrected chi connectivity index (χ0v) is 17.7. The summed E-state index contributed by atoms with van der Waals surface area (Å²) in [5.41, 5.74) is 1.66. The van der Waals surface area contributed by atoms with Crippen molar-refractivity contribution in [2.24, 2.45) is 0 Å². The van der Waals surface area contributed by atoms with Crippen molar-refractivity contribution in [3.05, 3.63) is 64.4 Å². The molecule has 0 unspecified atom stereocenters. The second-order valence-corrected chi connectivity index (χ2v) is 8.57. The third kappa shape index (κ3) is 4.78. The first-order valence-electron chi connectivity index (χ1n) is 10.0. The van der Waals surface area contributed by atoms with Crippen molar-refractivity contribution in [1.82, 2.24) is 14.8 Å². The summed E-state index contributed by atoms with van der Waals surface area (Å²) < 4.78 is 32.6. The minimum atomic E-state index is -0.833. The number of hydrogen-bond donors (Lipinski definition) is 1. The van der Waals surface area contributed by atoms with Crippen LogP contribution in [0.5, 0.6) is 0 Å². The van der Waals surface area contributed by atoms with E-state index >= 15 is 0 Å². The van der Waals surface area contributed by atoms with Crippen LogP contribution in [0.4, 0.5) is 8.78 Å². The highest BCUT2D eigenvalue weighted by molar-refractivity contribution is 7.13. The lowest BCUT2D eigenvalue weighted by molar-refractivity contribution is 0.0492. The molecule has 1 N–H and O–H groups in total. The highest BCUT2D eigenvalue weighted by Crippen LogP contribution is 2.27. The average molecular weight is 434 g/mol. The molecule has 0 spiro atoms. The lowest BCUT2D eigenvalue weighted by Gasteiger charge is -2.41. The number of hydrogen-bond acceptors (Lipinski definition) is 6. The van der Waals surface area contributed by atoms with Crippen LogP contribution in [-0.4, -0.2) is 52.2 Å². The Hall–Kier alpha value is -2.13. The fourth-order valence-corrected chi connectivity index (χ4v) is 4.55. The standard InChI is InChI=1S/C22H25F2N3O2S/c1-15-20(25-22(29-15)21-3-2-10-30-21)14-26-7-8-27(17(13-26)6-9-28)12-16-4-5-18(23)19(24)11-16/h2-5,10-11,17,28H,6-9,12-14H2,1H3/t17-/m0/s1. The second-order valence-electron chi connectivity index (χ2n) is 7.62. The van der Waals surface area contributed by atoms with E-state index in [0.29, 0.717) is 25.4 Å². The molecule has 1 saturated heterocycles. The molecule has 1 aliphatic rings. The van der Waals surface area contributed by atoms with Gasteiger partial charge in [-0.2, -0.15) is 0 Å². The fraction of sp³-hybridized carbons (Fsp3) is 0.409. The van der Waals surface area contributed by atoms with Gasteiger partial charge in [0.25, 0.3) is 0 Å². The fourth-order valence-electron chi connectivity index (χ4n) is 3.90. The van der Waals surface area contributed by atoms with Crippen molar-refractivity contribution in [3.8, 4) is 10.8 Å². The van der Waals surface area contributed by atoms with Gasteiger partial charge in [0.2, 0.25) is 5.89 Å². The number of aliphatic hydroxyl groups is 1. The number of thiophene rings is 1. The van der Waals surface area contributed by atoms with E-state index in [1.807, 2.05) is 24.4 Å². The van der Waals surface area contributed by atoms with Crippen molar-refractivity contribution in [1.29, 1.82) is 0 Å². The molecular formula is C22H25F2N3O2S. The van der Waals surface area contributed by atoms with Crippen LogP contribution in [0.3, 0.4) is 0 Å². The van der Waals surface area contributed by atoms with Crippen LogP contribution in [0.1, 0.15) is 23.4 Å². The largest absolute Gasteiger partial charge is 0.440 e. The summed E-state index contributed by atoms with van der Waals surface area (Å²) >= 11 is 1.60. The van der Waals surface area contributed by atoms with Gasteiger partial charge in [0, 0.05) is 45.4 Å². The minimum Gasteiger partial charge on any atom is -0.440 e. The summed E-state index contributed by atoms with van der Waals surface area (Å²) in [5.74, 6) is -0.184. The molecule has 1 fully saturated rings. The van der Waals surface area contributed by atoms with Gasteiger partial charge in [-0.25, -0.2) is 13.8 Å². The van der Waals surface area contributed by atoms with Crippen molar-refractivity contribution in [2.75, 3.05) is 26.2 Å². The number of piperazine rings is 1. The highest BCUT2D eigenvalue weighted by atomic mass is 32.1. The molecule has 0 aliphatic carbocycles. The van der Waals surface area contributed by atoms with E-state index in [2.05, 4.69) is 14.8 Å². The molecule has 0 bridgehead atoms. The van der Waals surface area contributed by atoms with Crippen molar-refractivity contribution in [3.63, 3.8) is 0 Å². The van der Waals surface area contributed by atoms with Gasteiger partial charge < -0.3 is 9.52 Å². The van der Waals surface area contributed by atoms with Crippen molar-refractivity contribution in [2.45, 2.75) is 32.5 Å². The highest BCUT2D eigenvalue weighted by Gasteiger charge is 2.28. The molecule has 4 rings (SSSR count). The molecule has 1 atom stereocenters. The van der Waals surface area contributed by atoms with Crippen LogP contribution in [0.2, 0.25) is 0 Å². The third-order valence-electron chi connectivity index (χ3n) is 5.52. The average Bonchev–Trinajstić information content (AvgIpc) is 3.37. The second kappa shape index (κ2) is 9.34. The van der Waals surface area contributed by atoms with Crippen LogP contribution in [0.15, 0.2) is 40.1 Å². The Kier molecular flexibility index (Phi) is 6.58. The summed E-state index contributed by atoms with van der Waals surface area (Å²) in [6.07, 6.45) is 0.623. The van der Waals surface area contributed by atoms with E-state index in [4.69, 9.17) is 4.42 Å². The number of halogens is 2. The monoisotopic (exact) mass is 433 g/mol. The lowest BCUT2D eigenvalue weighted by atomic mass is 10.1. The molecule has 3 heterocycles. The molecule has 0 amide bonds. The number of aromatic nitrogens is 1. The SMILES string of the molecule is Cc1oc(-c2cccs2)nc1CN1CCN(Cc2ccc(F)c(F)c2)[C@@H](CCO)C1. The zero-order chi connectivity index (χ0) is 21.1. The van der Waals surface area contributed by atoms with Crippen LogP contribution in [0.25, 0.3) is 10.8 Å². The van der Waals surface area contributed by atoms with Gasteiger partial charge in [-0.05, 0) is 42.5 Å². The van der Waals surface area contributed by atoms with Gasteiger partial charge in [-0.1, -0.05) is 12.1 Å². The molecule has 160 valence electrons. The van der Waals surface area contributed by atoms with E-state index in [-0.39, 0.29) is 12.6 Å². The first kappa shape index (κ1) is 21.1. The molecule has 3 aromatic rings. The van der Waals surface area contributed by atoms with Gasteiger partial charge in [-0.15, -0.1) is 11.3 Å². The first-order chi connectivity index (χ1) is 14.5. The van der Waals surface area contributed by atoms with Crippen LogP contribution in [-0.2, 0) is 13.1 Å². The van der Waals surface area contributed by atoms with E-state index in [0.717, 1.165) is 41.5 Å². The smallest absolute Gasteiger partial charge is 0.236 e. The molecule has 1 aromatic carbocycles. The number of rotatable bonds is 7. The summed E-state index contributed by atoms with van der Waals surface area (Å²) in [7, 11) is 0.